The average molecular weight is 1100 g/mol. The fraction of sp³-hybridized carbons (Fsp3) is 0.432. The minimum atomic E-state index is 0.723. The molecule has 8 bridgehead atoms. The number of pyridine rings is 2. The van der Waals surface area contributed by atoms with Crippen molar-refractivity contribution in [2.75, 3.05) is 13.2 Å². The molecule has 0 atom stereocenters. The van der Waals surface area contributed by atoms with E-state index in [4.69, 9.17) is 19.4 Å². The number of benzene rings is 2. The van der Waals surface area contributed by atoms with Crippen LogP contribution in [0.15, 0.2) is 122 Å². The molecule has 0 radical (unpaired) electrons. The first-order valence-electron chi connectivity index (χ1n) is 32.1. The van der Waals surface area contributed by atoms with Crippen LogP contribution in [-0.2, 0) is 0 Å². The maximum Gasteiger partial charge on any atom is 0.119 e. The summed E-state index contributed by atoms with van der Waals surface area (Å²) in [5.41, 5.74) is 15.3. The Morgan fingerprint density at radius 3 is 0.793 bits per heavy atom. The predicted octanol–water partition coefficient (Wildman–Crippen LogP) is 21.8. The van der Waals surface area contributed by atoms with Gasteiger partial charge in [0.1, 0.15) is 11.5 Å². The summed E-state index contributed by atoms with van der Waals surface area (Å²) < 4.78 is 12.7. The van der Waals surface area contributed by atoms with E-state index in [2.05, 4.69) is 155 Å². The Morgan fingerprint density at radius 2 is 0.524 bits per heavy atom. The van der Waals surface area contributed by atoms with E-state index >= 15 is 0 Å². The second-order valence-corrected chi connectivity index (χ2v) is 22.9. The van der Waals surface area contributed by atoms with Gasteiger partial charge in [-0.05, 0) is 132 Å². The van der Waals surface area contributed by atoms with E-state index in [-0.39, 0.29) is 0 Å². The van der Waals surface area contributed by atoms with E-state index in [1.165, 1.54) is 167 Å². The van der Waals surface area contributed by atoms with Crippen LogP contribution in [0.1, 0.15) is 216 Å². The maximum absolute atomic E-state index is 6.37. The van der Waals surface area contributed by atoms with Crippen LogP contribution in [0.4, 0.5) is 0 Å². The summed E-state index contributed by atoms with van der Waals surface area (Å²) in [6.07, 6.45) is 53.5. The van der Waals surface area contributed by atoms with E-state index in [9.17, 15) is 0 Å². The lowest BCUT2D eigenvalue weighted by molar-refractivity contribution is 0.304. The van der Waals surface area contributed by atoms with Crippen molar-refractivity contribution in [1.82, 2.24) is 29.9 Å². The van der Waals surface area contributed by atoms with Crippen molar-refractivity contribution >= 4 is 46.4 Å². The Balaban J connectivity index is 0.957. The summed E-state index contributed by atoms with van der Waals surface area (Å²) in [7, 11) is 0. The number of hydrogen-bond acceptors (Lipinski definition) is 6. The van der Waals surface area contributed by atoms with Crippen molar-refractivity contribution in [3.63, 3.8) is 0 Å². The van der Waals surface area contributed by atoms with E-state index in [1.807, 2.05) is 24.8 Å². The summed E-state index contributed by atoms with van der Waals surface area (Å²) in [4.78, 5) is 27.5. The van der Waals surface area contributed by atoms with Crippen molar-refractivity contribution in [2.45, 2.75) is 194 Å². The summed E-state index contributed by atoms with van der Waals surface area (Å²) in [5.74, 6) is 1.77. The normalized spacial score (nSPS) is 11.9. The quantitative estimate of drug-likeness (QED) is 0.0380. The van der Waals surface area contributed by atoms with Crippen molar-refractivity contribution in [3.8, 4) is 56.0 Å². The first-order valence-corrected chi connectivity index (χ1v) is 32.1. The highest BCUT2D eigenvalue weighted by molar-refractivity contribution is 5.99. The summed E-state index contributed by atoms with van der Waals surface area (Å²) in [6.45, 7) is 6.03. The fourth-order valence-electron chi connectivity index (χ4n) is 11.9. The predicted molar refractivity (Wildman–Crippen MR) is 348 cm³/mol. The van der Waals surface area contributed by atoms with Crippen molar-refractivity contribution in [1.29, 1.82) is 0 Å². The first-order chi connectivity index (χ1) is 40.7. The van der Waals surface area contributed by atoms with Crippen LogP contribution in [0.25, 0.3) is 90.9 Å². The molecule has 9 rings (SSSR count). The Hall–Kier alpha value is -7.06. The highest BCUT2D eigenvalue weighted by atomic mass is 16.5. The van der Waals surface area contributed by atoms with Crippen LogP contribution in [0.2, 0.25) is 0 Å². The molecule has 8 heteroatoms. The minimum absolute atomic E-state index is 0.723. The molecule has 2 aliphatic heterocycles. The first kappa shape index (κ1) is 59.6. The summed E-state index contributed by atoms with van der Waals surface area (Å²) >= 11 is 0. The average Bonchev–Trinajstić information content (AvgIpc) is 4.39. The van der Waals surface area contributed by atoms with Crippen LogP contribution in [-0.4, -0.2) is 43.1 Å². The van der Waals surface area contributed by atoms with Gasteiger partial charge in [0.15, 0.2) is 0 Å². The van der Waals surface area contributed by atoms with Crippen molar-refractivity contribution < 1.29 is 9.47 Å². The number of nitrogens with one attached hydrogen (secondary N) is 2. The molecule has 0 amide bonds. The second kappa shape index (κ2) is 33.1. The largest absolute Gasteiger partial charge is 0.494 e. The third-order valence-corrected chi connectivity index (χ3v) is 16.5. The number of ether oxygens (including phenoxy) is 2. The molecule has 7 aromatic rings. The van der Waals surface area contributed by atoms with E-state index in [0.29, 0.717) is 0 Å². The third-order valence-electron chi connectivity index (χ3n) is 16.5. The molecule has 2 aliphatic rings. The van der Waals surface area contributed by atoms with Gasteiger partial charge >= 0.3 is 0 Å². The summed E-state index contributed by atoms with van der Waals surface area (Å²) in [6, 6.07) is 34.1. The molecule has 0 spiro atoms. The fourth-order valence-corrected chi connectivity index (χ4v) is 11.9. The van der Waals surface area contributed by atoms with E-state index in [1.54, 1.807) is 0 Å². The lowest BCUT2D eigenvalue weighted by Gasteiger charge is -2.09. The Kier molecular flexibility index (Phi) is 24.1. The van der Waals surface area contributed by atoms with Gasteiger partial charge < -0.3 is 19.4 Å². The second-order valence-electron chi connectivity index (χ2n) is 22.9. The van der Waals surface area contributed by atoms with Gasteiger partial charge in [0, 0.05) is 69.1 Å². The Bertz CT molecular complexity index is 3020. The third kappa shape index (κ3) is 17.5. The van der Waals surface area contributed by atoms with Crippen molar-refractivity contribution in [2.24, 2.45) is 0 Å². The van der Waals surface area contributed by atoms with Crippen LogP contribution < -0.4 is 9.47 Å². The lowest BCUT2D eigenvalue weighted by atomic mass is 10.0. The molecular formula is C74H92N6O2. The molecule has 2 N–H and O–H groups in total. The molecule has 82 heavy (non-hydrogen) atoms. The van der Waals surface area contributed by atoms with Gasteiger partial charge in [0.05, 0.1) is 36.0 Å². The van der Waals surface area contributed by atoms with Gasteiger partial charge in [-0.25, -0.2) is 9.97 Å². The van der Waals surface area contributed by atoms with Crippen LogP contribution >= 0.6 is 0 Å². The zero-order chi connectivity index (χ0) is 56.2. The van der Waals surface area contributed by atoms with Gasteiger partial charge in [-0.3, -0.25) is 9.97 Å². The highest BCUT2D eigenvalue weighted by Crippen LogP contribution is 2.39. The molecule has 2 aromatic carbocycles. The zero-order valence-electron chi connectivity index (χ0n) is 49.7. The summed E-state index contributed by atoms with van der Waals surface area (Å²) in [5, 5.41) is 0. The molecular weight excluding hydrogens is 1000 g/mol. The van der Waals surface area contributed by atoms with Crippen LogP contribution in [0, 0.1) is 0 Å². The van der Waals surface area contributed by atoms with Crippen molar-refractivity contribution in [3.05, 3.63) is 145 Å². The number of aromatic nitrogens is 6. The highest BCUT2D eigenvalue weighted by Gasteiger charge is 2.19. The molecule has 8 nitrogen and oxygen atoms in total. The van der Waals surface area contributed by atoms with Gasteiger partial charge in [0.2, 0.25) is 0 Å². The molecule has 0 aliphatic carbocycles. The Labute approximate surface area is 490 Å². The number of nitrogens with zero attached hydrogens (tertiary/aromatic N) is 4. The van der Waals surface area contributed by atoms with Gasteiger partial charge in [-0.1, -0.05) is 205 Å². The molecule has 0 unspecified atom stereocenters. The standard InChI is InChI=1S/C74H92N6O2/c1-3-5-7-9-11-13-15-17-19-21-23-25-27-29-55-81-61-35-31-57(32-36-61)71-63-39-40-64(77-63)72(58-33-37-62(38-34-58)82-56-30-28-26-24-22-20-18-16-14-12-10-8-6-4-2)66-42-44-68(79-66)74(60-49-53-76-54-50-60)70-46-45-69(80-70)73(59-47-51-75-52-48-59)67-43-41-65(71)78-67/h31-54,78-79H,3-30,55-56H2,1-2H3. The lowest BCUT2D eigenvalue weighted by Crippen LogP contribution is -1.97. The minimum Gasteiger partial charge on any atom is -0.494 e. The number of fused-ring (bicyclic) bond motifs is 8. The molecule has 5 aromatic heterocycles. The van der Waals surface area contributed by atoms with E-state index in [0.717, 1.165) is 127 Å². The molecule has 7 heterocycles. The molecule has 0 saturated carbocycles. The molecule has 430 valence electrons. The van der Waals surface area contributed by atoms with Gasteiger partial charge in [0.25, 0.3) is 0 Å². The van der Waals surface area contributed by atoms with Gasteiger partial charge in [-0.15, -0.1) is 0 Å². The topological polar surface area (TPSA) is 102 Å². The smallest absolute Gasteiger partial charge is 0.119 e. The number of H-pyrrole nitrogens is 2. The number of aromatic amines is 2. The molecule has 0 fully saturated rings. The monoisotopic (exact) mass is 1100 g/mol. The maximum atomic E-state index is 6.37. The zero-order valence-corrected chi connectivity index (χ0v) is 49.7. The van der Waals surface area contributed by atoms with E-state index < -0.39 is 0 Å². The van der Waals surface area contributed by atoms with Crippen LogP contribution in [0.5, 0.6) is 11.5 Å². The number of unbranched alkanes of at least 4 members (excludes halogenated alkanes) is 26. The SMILES string of the molecule is CCCCCCCCCCCCCCCCOc1ccc(-c2c3nc(c(-c4ccc(OCCCCCCCCCCCCCCCC)cc4)c4ccc([nH]4)c(-c4ccncc4)c4nc(c(-c5ccncc5)c5ccc2[nH]5)C=C4)C=C3)cc1. The Morgan fingerprint density at radius 1 is 0.280 bits per heavy atom. The van der Waals surface area contributed by atoms with Crippen LogP contribution in [0.3, 0.4) is 0 Å². The number of rotatable bonds is 36. The molecule has 0 saturated heterocycles. The van der Waals surface area contributed by atoms with Gasteiger partial charge in [-0.2, -0.15) is 0 Å². The number of hydrogen-bond donors (Lipinski definition) is 2.